The fourth-order valence-electron chi connectivity index (χ4n) is 0.800. The van der Waals surface area contributed by atoms with E-state index in [1.165, 1.54) is 12.8 Å². The molecule has 0 aliphatic heterocycles. The summed E-state index contributed by atoms with van der Waals surface area (Å²) in [6, 6.07) is 0. The van der Waals surface area contributed by atoms with Gasteiger partial charge in [-0.25, -0.2) is 0 Å². The van der Waals surface area contributed by atoms with Gasteiger partial charge in [-0.05, 0) is 19.0 Å². The molecule has 0 aliphatic rings. The number of unbranched alkanes of at least 4 members (excludes halogenated alkanes) is 1. The van der Waals surface area contributed by atoms with E-state index in [9.17, 15) is 0 Å². The van der Waals surface area contributed by atoms with Crippen LogP contribution in [0.15, 0.2) is 25.4 Å². The molecular weight excluding hydrogens is 154 g/mol. The molecule has 1 unspecified atom stereocenters. The summed E-state index contributed by atoms with van der Waals surface area (Å²) in [5.74, 6) is 0. The Labute approximate surface area is 75.0 Å². The second-order valence-corrected chi connectivity index (χ2v) is 3.12. The summed E-state index contributed by atoms with van der Waals surface area (Å²) < 4.78 is 0. The van der Waals surface area contributed by atoms with E-state index in [4.69, 9.17) is 0 Å². The zero-order chi connectivity index (χ0) is 8.53. The van der Waals surface area contributed by atoms with E-state index in [0.29, 0.717) is 5.25 Å². The van der Waals surface area contributed by atoms with Gasteiger partial charge in [0.15, 0.2) is 0 Å². The van der Waals surface area contributed by atoms with E-state index >= 15 is 0 Å². The van der Waals surface area contributed by atoms with Crippen molar-refractivity contribution in [3.8, 4) is 0 Å². The average molecular weight is 171 g/mol. The molecular formula is C9H17NS. The van der Waals surface area contributed by atoms with Gasteiger partial charge in [-0.2, -0.15) is 12.6 Å². The van der Waals surface area contributed by atoms with Crippen molar-refractivity contribution in [3.63, 3.8) is 0 Å². The lowest BCUT2D eigenvalue weighted by atomic mass is 10.2. The summed E-state index contributed by atoms with van der Waals surface area (Å²) in [4.78, 5) is 0. The van der Waals surface area contributed by atoms with Gasteiger partial charge in [-0.1, -0.05) is 19.1 Å². The Morgan fingerprint density at radius 1 is 1.36 bits per heavy atom. The number of hydrogen-bond acceptors (Lipinski definition) is 2. The van der Waals surface area contributed by atoms with Crippen LogP contribution in [0.3, 0.4) is 0 Å². The first-order chi connectivity index (χ1) is 5.31. The van der Waals surface area contributed by atoms with E-state index in [1.54, 1.807) is 6.20 Å². The van der Waals surface area contributed by atoms with Gasteiger partial charge in [0.2, 0.25) is 0 Å². The standard InChI is InChI=1S/C9H17NS/c1-3-9(11)7-5-6-8-10-4-2/h3-4,9-11H,1-2,5-8H2. The third kappa shape index (κ3) is 7.53. The van der Waals surface area contributed by atoms with E-state index < -0.39 is 0 Å². The molecule has 2 heteroatoms. The van der Waals surface area contributed by atoms with Crippen LogP contribution in [-0.4, -0.2) is 11.8 Å². The first kappa shape index (κ1) is 10.6. The summed E-state index contributed by atoms with van der Waals surface area (Å²) in [7, 11) is 0. The summed E-state index contributed by atoms with van der Waals surface area (Å²) in [6.07, 6.45) is 7.10. The maximum absolute atomic E-state index is 4.30. The molecule has 0 saturated heterocycles. The minimum Gasteiger partial charge on any atom is -0.391 e. The Bertz CT molecular complexity index is 112. The van der Waals surface area contributed by atoms with Crippen molar-refractivity contribution in [1.29, 1.82) is 0 Å². The predicted octanol–water partition coefficient (Wildman–Crippen LogP) is 2.37. The minimum atomic E-state index is 0.360. The maximum Gasteiger partial charge on any atom is 0.0194 e. The van der Waals surface area contributed by atoms with Gasteiger partial charge in [0.05, 0.1) is 0 Å². The van der Waals surface area contributed by atoms with Crippen molar-refractivity contribution < 1.29 is 0 Å². The van der Waals surface area contributed by atoms with Gasteiger partial charge < -0.3 is 5.32 Å². The largest absolute Gasteiger partial charge is 0.391 e. The van der Waals surface area contributed by atoms with Crippen molar-refractivity contribution in [2.24, 2.45) is 0 Å². The number of rotatable bonds is 7. The fraction of sp³-hybridized carbons (Fsp3) is 0.556. The third-order valence-corrected chi connectivity index (χ3v) is 1.96. The molecule has 0 radical (unpaired) electrons. The van der Waals surface area contributed by atoms with Gasteiger partial charge in [-0.3, -0.25) is 0 Å². The van der Waals surface area contributed by atoms with Crippen LogP contribution < -0.4 is 5.32 Å². The highest BCUT2D eigenvalue weighted by atomic mass is 32.1. The molecule has 0 rings (SSSR count). The highest BCUT2D eigenvalue weighted by molar-refractivity contribution is 7.81. The quantitative estimate of drug-likeness (QED) is 0.340. The van der Waals surface area contributed by atoms with E-state index in [0.717, 1.165) is 13.0 Å². The molecule has 0 fully saturated rings. The molecule has 0 aromatic heterocycles. The summed E-state index contributed by atoms with van der Waals surface area (Å²) in [5, 5.41) is 3.41. The lowest BCUT2D eigenvalue weighted by Gasteiger charge is -2.03. The highest BCUT2D eigenvalue weighted by Crippen LogP contribution is 2.06. The van der Waals surface area contributed by atoms with Crippen LogP contribution in [-0.2, 0) is 0 Å². The molecule has 0 heterocycles. The third-order valence-electron chi connectivity index (χ3n) is 1.49. The first-order valence-corrected chi connectivity index (χ1v) is 4.47. The molecule has 0 aromatic rings. The SMILES string of the molecule is C=CNCCCCC(S)C=C. The van der Waals surface area contributed by atoms with E-state index in [-0.39, 0.29) is 0 Å². The van der Waals surface area contributed by atoms with Crippen LogP contribution >= 0.6 is 12.6 Å². The Morgan fingerprint density at radius 3 is 2.64 bits per heavy atom. The molecule has 0 saturated carbocycles. The molecule has 11 heavy (non-hydrogen) atoms. The van der Waals surface area contributed by atoms with Crippen LogP contribution in [0.1, 0.15) is 19.3 Å². The molecule has 1 atom stereocenters. The number of thiol groups is 1. The lowest BCUT2D eigenvalue weighted by molar-refractivity contribution is 0.668. The van der Waals surface area contributed by atoms with Crippen molar-refractivity contribution in [3.05, 3.63) is 25.4 Å². The summed E-state index contributed by atoms with van der Waals surface area (Å²) in [5.41, 5.74) is 0. The van der Waals surface area contributed by atoms with Gasteiger partial charge in [0.1, 0.15) is 0 Å². The van der Waals surface area contributed by atoms with Gasteiger partial charge >= 0.3 is 0 Å². The van der Waals surface area contributed by atoms with Crippen LogP contribution in [0.25, 0.3) is 0 Å². The van der Waals surface area contributed by atoms with Crippen molar-refractivity contribution >= 4 is 12.6 Å². The van der Waals surface area contributed by atoms with Crippen molar-refractivity contribution in [1.82, 2.24) is 5.32 Å². The van der Waals surface area contributed by atoms with Gasteiger partial charge in [0, 0.05) is 11.8 Å². The molecule has 0 aliphatic carbocycles. The molecule has 1 nitrogen and oxygen atoms in total. The topological polar surface area (TPSA) is 12.0 Å². The summed E-state index contributed by atoms with van der Waals surface area (Å²) in [6.45, 7) is 8.25. The second-order valence-electron chi connectivity index (χ2n) is 2.46. The Balaban J connectivity index is 3.01. The average Bonchev–Trinajstić information content (AvgIpc) is 2.04. The number of hydrogen-bond donors (Lipinski definition) is 2. The Hall–Kier alpha value is -0.370. The Kier molecular flexibility index (Phi) is 7.47. The maximum atomic E-state index is 4.30. The molecule has 64 valence electrons. The van der Waals surface area contributed by atoms with Crippen LogP contribution in [0.4, 0.5) is 0 Å². The normalized spacial score (nSPS) is 12.1. The minimum absolute atomic E-state index is 0.360. The zero-order valence-corrected chi connectivity index (χ0v) is 7.82. The monoisotopic (exact) mass is 171 g/mol. The van der Waals surface area contributed by atoms with Crippen LogP contribution in [0.5, 0.6) is 0 Å². The van der Waals surface area contributed by atoms with Gasteiger partial charge in [0.25, 0.3) is 0 Å². The van der Waals surface area contributed by atoms with Crippen LogP contribution in [0, 0.1) is 0 Å². The number of nitrogens with one attached hydrogen (secondary N) is 1. The zero-order valence-electron chi connectivity index (χ0n) is 6.92. The van der Waals surface area contributed by atoms with Gasteiger partial charge in [-0.15, -0.1) is 6.58 Å². The Morgan fingerprint density at radius 2 is 2.09 bits per heavy atom. The lowest BCUT2D eigenvalue weighted by Crippen LogP contribution is -2.06. The second kappa shape index (κ2) is 7.73. The van der Waals surface area contributed by atoms with E-state index in [1.807, 2.05) is 6.08 Å². The van der Waals surface area contributed by atoms with Crippen molar-refractivity contribution in [2.75, 3.05) is 6.54 Å². The highest BCUT2D eigenvalue weighted by Gasteiger charge is 1.95. The van der Waals surface area contributed by atoms with Crippen LogP contribution in [0.2, 0.25) is 0 Å². The predicted molar refractivity (Wildman–Crippen MR) is 55.0 cm³/mol. The van der Waals surface area contributed by atoms with E-state index in [2.05, 4.69) is 31.1 Å². The molecule has 0 spiro atoms. The molecule has 0 aromatic carbocycles. The van der Waals surface area contributed by atoms with Crippen molar-refractivity contribution in [2.45, 2.75) is 24.5 Å². The summed E-state index contributed by atoms with van der Waals surface area (Å²) >= 11 is 4.30. The first-order valence-electron chi connectivity index (χ1n) is 3.96. The molecule has 0 bridgehead atoms. The molecule has 0 amide bonds. The smallest absolute Gasteiger partial charge is 0.0194 e. The fourth-order valence-corrected chi connectivity index (χ4v) is 0.983. The molecule has 1 N–H and O–H groups in total.